The fourth-order valence-electron chi connectivity index (χ4n) is 2.43. The monoisotopic (exact) mass is 400 g/mol. The van der Waals surface area contributed by atoms with Gasteiger partial charge in [0.25, 0.3) is 5.91 Å². The number of anilines is 1. The van der Waals surface area contributed by atoms with E-state index in [1.807, 2.05) is 68.4 Å². The highest BCUT2D eigenvalue weighted by Crippen LogP contribution is 2.14. The molecule has 2 aromatic carbocycles. The number of amides is 2. The zero-order valence-corrected chi connectivity index (χ0v) is 17.3. The van der Waals surface area contributed by atoms with Crippen LogP contribution < -0.4 is 10.6 Å². The van der Waals surface area contributed by atoms with Crippen molar-refractivity contribution in [1.82, 2.24) is 5.32 Å². The van der Waals surface area contributed by atoms with Gasteiger partial charge in [0.15, 0.2) is 0 Å². The van der Waals surface area contributed by atoms with E-state index in [0.29, 0.717) is 24.5 Å². The van der Waals surface area contributed by atoms with Crippen LogP contribution in [0.15, 0.2) is 54.6 Å². The topological polar surface area (TPSA) is 67.4 Å². The molecule has 0 fully saturated rings. The Morgan fingerprint density at radius 2 is 1.75 bits per heavy atom. The number of para-hydroxylation sites is 1. The van der Waals surface area contributed by atoms with Gasteiger partial charge in [0.2, 0.25) is 5.91 Å². The van der Waals surface area contributed by atoms with E-state index in [9.17, 15) is 9.59 Å². The van der Waals surface area contributed by atoms with E-state index in [2.05, 4.69) is 10.6 Å². The summed E-state index contributed by atoms with van der Waals surface area (Å²) in [4.78, 5) is 24.1. The van der Waals surface area contributed by atoms with Crippen LogP contribution in [0.25, 0.3) is 0 Å². The fraction of sp³-hybridized carbons (Fsp3) is 0.364. The summed E-state index contributed by atoms with van der Waals surface area (Å²) in [5.74, 6) is 1.01. The number of hydrogen-bond acceptors (Lipinski definition) is 4. The predicted molar refractivity (Wildman–Crippen MR) is 116 cm³/mol. The van der Waals surface area contributed by atoms with Crippen LogP contribution in [0.1, 0.15) is 36.2 Å². The normalized spacial score (nSPS) is 10.7. The smallest absolute Gasteiger partial charge is 0.251 e. The molecule has 2 amide bonds. The number of thioether (sulfide) groups is 1. The molecule has 2 aromatic rings. The van der Waals surface area contributed by atoms with Crippen LogP contribution in [-0.2, 0) is 15.3 Å². The molecule has 0 bridgehead atoms. The van der Waals surface area contributed by atoms with Crippen molar-refractivity contribution in [3.05, 3.63) is 65.7 Å². The number of benzene rings is 2. The average Bonchev–Trinajstić information content (AvgIpc) is 2.68. The van der Waals surface area contributed by atoms with Crippen molar-refractivity contribution in [3.63, 3.8) is 0 Å². The van der Waals surface area contributed by atoms with Crippen LogP contribution in [-0.4, -0.2) is 36.8 Å². The van der Waals surface area contributed by atoms with Gasteiger partial charge in [-0.1, -0.05) is 30.3 Å². The van der Waals surface area contributed by atoms with Crippen LogP contribution in [0.3, 0.4) is 0 Å². The lowest BCUT2D eigenvalue weighted by molar-refractivity contribution is -0.113. The third-order valence-electron chi connectivity index (χ3n) is 3.83. The molecule has 6 heteroatoms. The number of ether oxygens (including phenoxy) is 1. The van der Waals surface area contributed by atoms with E-state index in [4.69, 9.17) is 4.74 Å². The van der Waals surface area contributed by atoms with Crippen LogP contribution in [0, 0.1) is 0 Å². The molecule has 0 spiro atoms. The molecular weight excluding hydrogens is 372 g/mol. The molecule has 0 unspecified atom stereocenters. The Balaban J connectivity index is 1.66. The second kappa shape index (κ2) is 12.2. The summed E-state index contributed by atoms with van der Waals surface area (Å²) < 4.78 is 5.45. The number of nitrogens with one attached hydrogen (secondary N) is 2. The summed E-state index contributed by atoms with van der Waals surface area (Å²) in [5.41, 5.74) is 2.53. The summed E-state index contributed by atoms with van der Waals surface area (Å²) in [6.07, 6.45) is 1.01. The molecule has 2 rings (SSSR count). The lowest BCUT2D eigenvalue weighted by Crippen LogP contribution is -2.25. The Hall–Kier alpha value is -2.31. The van der Waals surface area contributed by atoms with Crippen molar-refractivity contribution in [2.75, 3.05) is 24.2 Å². The van der Waals surface area contributed by atoms with Gasteiger partial charge >= 0.3 is 0 Å². The minimum atomic E-state index is -0.0778. The molecule has 0 radical (unpaired) electrons. The average molecular weight is 401 g/mol. The number of carbonyl (C=O) groups is 2. The Bertz CT molecular complexity index is 733. The van der Waals surface area contributed by atoms with Gasteiger partial charge in [0.1, 0.15) is 0 Å². The number of hydrogen-bond donors (Lipinski definition) is 2. The summed E-state index contributed by atoms with van der Waals surface area (Å²) in [6.45, 7) is 5.23. The van der Waals surface area contributed by atoms with Crippen molar-refractivity contribution in [2.24, 2.45) is 0 Å². The number of rotatable bonds is 11. The SMILES string of the molecule is CC(C)OCCCNC(=O)c1ccc(CSCC(=O)Nc2ccccc2)cc1. The van der Waals surface area contributed by atoms with Crippen LogP contribution in [0.4, 0.5) is 5.69 Å². The molecule has 0 saturated heterocycles. The maximum Gasteiger partial charge on any atom is 0.251 e. The van der Waals surface area contributed by atoms with Gasteiger partial charge in [0.05, 0.1) is 11.9 Å². The third-order valence-corrected chi connectivity index (χ3v) is 4.84. The van der Waals surface area contributed by atoms with E-state index < -0.39 is 0 Å². The maximum atomic E-state index is 12.1. The van der Waals surface area contributed by atoms with Gasteiger partial charge in [-0.15, -0.1) is 11.8 Å². The van der Waals surface area contributed by atoms with Gasteiger partial charge < -0.3 is 15.4 Å². The molecule has 5 nitrogen and oxygen atoms in total. The van der Waals surface area contributed by atoms with Gasteiger partial charge in [-0.3, -0.25) is 9.59 Å². The highest BCUT2D eigenvalue weighted by molar-refractivity contribution is 7.99. The van der Waals surface area contributed by atoms with E-state index >= 15 is 0 Å². The molecule has 2 N–H and O–H groups in total. The lowest BCUT2D eigenvalue weighted by atomic mass is 10.1. The predicted octanol–water partition coefficient (Wildman–Crippen LogP) is 4.10. The van der Waals surface area contributed by atoms with Crippen molar-refractivity contribution < 1.29 is 14.3 Å². The quantitative estimate of drug-likeness (QED) is 0.557. The largest absolute Gasteiger partial charge is 0.379 e. The fourth-order valence-corrected chi connectivity index (χ4v) is 3.22. The summed E-state index contributed by atoms with van der Waals surface area (Å²) in [7, 11) is 0. The summed E-state index contributed by atoms with van der Waals surface area (Å²) in [6, 6.07) is 16.9. The minimum absolute atomic E-state index is 0.0198. The van der Waals surface area contributed by atoms with Crippen LogP contribution in [0.5, 0.6) is 0 Å². The standard InChI is InChI=1S/C22H28N2O3S/c1-17(2)27-14-6-13-23-22(26)19-11-9-18(10-12-19)15-28-16-21(25)24-20-7-4-3-5-8-20/h3-5,7-12,17H,6,13-16H2,1-2H3,(H,23,26)(H,24,25). The first kappa shape index (κ1) is 22.0. The first-order valence-corrected chi connectivity index (χ1v) is 10.6. The summed E-state index contributed by atoms with van der Waals surface area (Å²) >= 11 is 1.54. The molecule has 150 valence electrons. The number of carbonyl (C=O) groups excluding carboxylic acids is 2. The van der Waals surface area contributed by atoms with Gasteiger partial charge in [-0.05, 0) is 50.1 Å². The molecule has 0 aliphatic carbocycles. The second-order valence-electron chi connectivity index (χ2n) is 6.63. The zero-order chi connectivity index (χ0) is 20.2. The van der Waals surface area contributed by atoms with E-state index in [1.165, 1.54) is 0 Å². The Labute approximate surface area is 171 Å². The zero-order valence-electron chi connectivity index (χ0n) is 16.4. The Morgan fingerprint density at radius 3 is 2.43 bits per heavy atom. The first-order chi connectivity index (χ1) is 13.5. The molecule has 0 aliphatic rings. The minimum Gasteiger partial charge on any atom is -0.379 e. The lowest BCUT2D eigenvalue weighted by Gasteiger charge is -2.09. The van der Waals surface area contributed by atoms with E-state index in [-0.39, 0.29) is 17.9 Å². The third kappa shape index (κ3) is 8.59. The molecule has 28 heavy (non-hydrogen) atoms. The van der Waals surface area contributed by atoms with E-state index in [1.54, 1.807) is 11.8 Å². The van der Waals surface area contributed by atoms with Crippen LogP contribution in [0.2, 0.25) is 0 Å². The van der Waals surface area contributed by atoms with Crippen LogP contribution >= 0.6 is 11.8 Å². The highest BCUT2D eigenvalue weighted by atomic mass is 32.2. The van der Waals surface area contributed by atoms with E-state index in [0.717, 1.165) is 23.4 Å². The molecule has 0 saturated carbocycles. The Morgan fingerprint density at radius 1 is 1.04 bits per heavy atom. The second-order valence-corrected chi connectivity index (χ2v) is 7.62. The van der Waals surface area contributed by atoms with Crippen molar-refractivity contribution in [2.45, 2.75) is 32.1 Å². The van der Waals surface area contributed by atoms with Crippen molar-refractivity contribution in [1.29, 1.82) is 0 Å². The Kier molecular flexibility index (Phi) is 9.59. The first-order valence-electron chi connectivity index (χ1n) is 9.46. The van der Waals surface area contributed by atoms with Gasteiger partial charge in [0, 0.05) is 30.2 Å². The van der Waals surface area contributed by atoms with Gasteiger partial charge in [-0.2, -0.15) is 0 Å². The molecule has 0 aliphatic heterocycles. The molecule has 0 heterocycles. The molecular formula is C22H28N2O3S. The molecule has 0 atom stereocenters. The highest BCUT2D eigenvalue weighted by Gasteiger charge is 2.06. The molecule has 0 aromatic heterocycles. The van der Waals surface area contributed by atoms with Gasteiger partial charge in [-0.25, -0.2) is 0 Å². The van der Waals surface area contributed by atoms with Crippen molar-refractivity contribution in [3.8, 4) is 0 Å². The maximum absolute atomic E-state index is 12.1. The summed E-state index contributed by atoms with van der Waals surface area (Å²) in [5, 5.41) is 5.76. The van der Waals surface area contributed by atoms with Crippen molar-refractivity contribution >= 4 is 29.3 Å².